The molecular weight excluding hydrogens is 278 g/mol. The second-order valence-electron chi connectivity index (χ2n) is 4.92. The summed E-state index contributed by atoms with van der Waals surface area (Å²) in [6, 6.07) is 4.45. The Kier molecular flexibility index (Phi) is 3.42. The average Bonchev–Trinajstić information content (AvgIpc) is 2.49. The molecule has 0 spiro atoms. The van der Waals surface area contributed by atoms with Gasteiger partial charge in [0.15, 0.2) is 17.6 Å². The summed E-state index contributed by atoms with van der Waals surface area (Å²) < 4.78 is 16.1. The minimum absolute atomic E-state index is 0.228. The third kappa shape index (κ3) is 2.40. The molecule has 1 saturated heterocycles. The van der Waals surface area contributed by atoms with Gasteiger partial charge in [0.25, 0.3) is 0 Å². The second kappa shape index (κ2) is 5.25. The van der Waals surface area contributed by atoms with Gasteiger partial charge in [0.05, 0.1) is 6.04 Å². The predicted octanol–water partition coefficient (Wildman–Crippen LogP) is 0.441. The second-order valence-corrected chi connectivity index (χ2v) is 4.92. The molecule has 0 radical (unpaired) electrons. The van der Waals surface area contributed by atoms with E-state index in [-0.39, 0.29) is 12.5 Å². The Labute approximate surface area is 121 Å². The van der Waals surface area contributed by atoms with Crippen LogP contribution in [-0.2, 0) is 14.3 Å². The normalized spacial score (nSPS) is 24.8. The number of amides is 1. The minimum atomic E-state index is -1.10. The molecule has 0 saturated carbocycles. The number of benzene rings is 1. The van der Waals surface area contributed by atoms with Crippen LogP contribution in [0.15, 0.2) is 18.2 Å². The third-order valence-corrected chi connectivity index (χ3v) is 3.63. The molecule has 1 N–H and O–H groups in total. The number of rotatable bonds is 2. The molecule has 2 unspecified atom stereocenters. The van der Waals surface area contributed by atoms with Crippen molar-refractivity contribution in [2.24, 2.45) is 0 Å². The van der Waals surface area contributed by atoms with Crippen molar-refractivity contribution in [3.05, 3.63) is 23.8 Å². The highest BCUT2D eigenvalue weighted by atomic mass is 16.6. The number of aliphatic carboxylic acids is 1. The Balaban J connectivity index is 1.98. The first kappa shape index (κ1) is 13.7. The van der Waals surface area contributed by atoms with Crippen LogP contribution in [-0.4, -0.2) is 54.9 Å². The highest BCUT2D eigenvalue weighted by Gasteiger charge is 2.40. The van der Waals surface area contributed by atoms with Gasteiger partial charge in [-0.25, -0.2) is 4.79 Å². The van der Waals surface area contributed by atoms with Crippen LogP contribution in [0.4, 0.5) is 0 Å². The van der Waals surface area contributed by atoms with Gasteiger partial charge in [-0.2, -0.15) is 0 Å². The van der Waals surface area contributed by atoms with Gasteiger partial charge < -0.3 is 24.2 Å². The smallest absolute Gasteiger partial charge is 0.335 e. The van der Waals surface area contributed by atoms with Crippen LogP contribution >= 0.6 is 0 Å². The molecule has 2 atom stereocenters. The maximum Gasteiger partial charge on any atom is 0.335 e. The summed E-state index contributed by atoms with van der Waals surface area (Å²) in [6.07, 6.45) is -1.10. The molecule has 112 valence electrons. The van der Waals surface area contributed by atoms with E-state index in [0.717, 1.165) is 0 Å². The number of fused-ring (bicyclic) bond motifs is 1. The topological polar surface area (TPSA) is 85.3 Å². The quantitative estimate of drug-likeness (QED) is 0.851. The fourth-order valence-electron chi connectivity index (χ4n) is 2.56. The van der Waals surface area contributed by atoms with Crippen LogP contribution in [0.1, 0.15) is 11.6 Å². The number of morpholine rings is 1. The van der Waals surface area contributed by atoms with Crippen molar-refractivity contribution in [2.75, 3.05) is 26.9 Å². The zero-order valence-corrected chi connectivity index (χ0v) is 11.4. The summed E-state index contributed by atoms with van der Waals surface area (Å²) in [5, 5.41) is 9.29. The van der Waals surface area contributed by atoms with E-state index in [9.17, 15) is 14.7 Å². The van der Waals surface area contributed by atoms with E-state index in [1.807, 2.05) is 0 Å². The van der Waals surface area contributed by atoms with Crippen molar-refractivity contribution >= 4 is 11.9 Å². The molecular formula is C14H15NO6. The maximum absolute atomic E-state index is 11.8. The average molecular weight is 293 g/mol. The monoisotopic (exact) mass is 293 g/mol. The number of hydrogen-bond donors (Lipinski definition) is 1. The molecule has 1 aromatic carbocycles. The highest BCUT2D eigenvalue weighted by molar-refractivity contribution is 5.82. The van der Waals surface area contributed by atoms with E-state index in [1.54, 1.807) is 25.2 Å². The molecule has 0 bridgehead atoms. The van der Waals surface area contributed by atoms with Gasteiger partial charge in [-0.05, 0) is 17.7 Å². The lowest BCUT2D eigenvalue weighted by atomic mass is 9.97. The molecule has 2 aliphatic rings. The number of carbonyl (C=O) groups excluding carboxylic acids is 1. The number of carboxylic acids is 1. The predicted molar refractivity (Wildman–Crippen MR) is 70.3 cm³/mol. The summed E-state index contributed by atoms with van der Waals surface area (Å²) in [6.45, 7) is 0.693. The lowest BCUT2D eigenvalue weighted by Gasteiger charge is -2.37. The lowest BCUT2D eigenvalue weighted by Crippen LogP contribution is -2.50. The Hall–Kier alpha value is -2.28. The summed E-state index contributed by atoms with van der Waals surface area (Å²) in [4.78, 5) is 24.5. The fourth-order valence-corrected chi connectivity index (χ4v) is 2.56. The van der Waals surface area contributed by atoms with Gasteiger partial charge in [0, 0.05) is 7.05 Å². The van der Waals surface area contributed by atoms with E-state index in [0.29, 0.717) is 30.3 Å². The molecule has 21 heavy (non-hydrogen) atoms. The van der Waals surface area contributed by atoms with Crippen LogP contribution in [0, 0.1) is 0 Å². The van der Waals surface area contributed by atoms with Crippen LogP contribution in [0.25, 0.3) is 0 Å². The van der Waals surface area contributed by atoms with Crippen molar-refractivity contribution in [3.63, 3.8) is 0 Å². The number of ether oxygens (including phenoxy) is 3. The van der Waals surface area contributed by atoms with Crippen molar-refractivity contribution in [1.82, 2.24) is 4.90 Å². The first-order valence-corrected chi connectivity index (χ1v) is 6.57. The number of likely N-dealkylation sites (N-methyl/N-ethyl adjacent to an activating group) is 1. The molecule has 2 heterocycles. The Morgan fingerprint density at radius 3 is 2.71 bits per heavy atom. The summed E-state index contributed by atoms with van der Waals surface area (Å²) in [7, 11) is 1.57. The van der Waals surface area contributed by atoms with Gasteiger partial charge in [0.1, 0.15) is 19.8 Å². The molecule has 0 aromatic heterocycles. The molecule has 1 aromatic rings. The van der Waals surface area contributed by atoms with Gasteiger partial charge in [-0.1, -0.05) is 6.07 Å². The molecule has 7 heteroatoms. The number of carboxylic acid groups (broad SMARTS) is 1. The number of nitrogens with zero attached hydrogens (tertiary/aromatic N) is 1. The van der Waals surface area contributed by atoms with Crippen LogP contribution in [0.5, 0.6) is 11.5 Å². The minimum Gasteiger partial charge on any atom is -0.486 e. The van der Waals surface area contributed by atoms with Gasteiger partial charge in [-0.3, -0.25) is 4.79 Å². The largest absolute Gasteiger partial charge is 0.486 e. The number of carbonyl (C=O) groups is 2. The van der Waals surface area contributed by atoms with Crippen LogP contribution < -0.4 is 9.47 Å². The summed E-state index contributed by atoms with van der Waals surface area (Å²) in [5.74, 6) is -0.196. The van der Waals surface area contributed by atoms with Gasteiger partial charge in [-0.15, -0.1) is 0 Å². The summed E-state index contributed by atoms with van der Waals surface area (Å²) >= 11 is 0. The Morgan fingerprint density at radius 1 is 1.29 bits per heavy atom. The molecule has 3 rings (SSSR count). The van der Waals surface area contributed by atoms with E-state index in [4.69, 9.17) is 14.2 Å². The molecule has 0 aliphatic carbocycles. The van der Waals surface area contributed by atoms with E-state index < -0.39 is 18.1 Å². The van der Waals surface area contributed by atoms with E-state index >= 15 is 0 Å². The highest BCUT2D eigenvalue weighted by Crippen LogP contribution is 2.36. The summed E-state index contributed by atoms with van der Waals surface area (Å²) in [5.41, 5.74) is 0.641. The van der Waals surface area contributed by atoms with Crippen molar-refractivity contribution in [1.29, 1.82) is 0 Å². The zero-order chi connectivity index (χ0) is 15.0. The van der Waals surface area contributed by atoms with Crippen molar-refractivity contribution in [2.45, 2.75) is 12.1 Å². The van der Waals surface area contributed by atoms with Crippen LogP contribution in [0.3, 0.4) is 0 Å². The van der Waals surface area contributed by atoms with Gasteiger partial charge >= 0.3 is 5.97 Å². The van der Waals surface area contributed by atoms with Crippen LogP contribution in [0.2, 0.25) is 0 Å². The number of hydrogen-bond acceptors (Lipinski definition) is 5. The maximum atomic E-state index is 11.8. The third-order valence-electron chi connectivity index (χ3n) is 3.63. The SMILES string of the molecule is CN1C(=O)COC(C(=O)O)C1c1ccc2c(c1)OCCO2. The van der Waals surface area contributed by atoms with E-state index in [1.165, 1.54) is 4.90 Å². The fraction of sp³-hybridized carbons (Fsp3) is 0.429. The lowest BCUT2D eigenvalue weighted by molar-refractivity contribution is -0.171. The zero-order valence-electron chi connectivity index (χ0n) is 11.4. The van der Waals surface area contributed by atoms with Gasteiger partial charge in [0.2, 0.25) is 5.91 Å². The first-order valence-electron chi connectivity index (χ1n) is 6.57. The van der Waals surface area contributed by atoms with E-state index in [2.05, 4.69) is 0 Å². The molecule has 7 nitrogen and oxygen atoms in total. The Bertz CT molecular complexity index is 587. The molecule has 1 fully saturated rings. The Morgan fingerprint density at radius 2 is 2.00 bits per heavy atom. The van der Waals surface area contributed by atoms with Crippen molar-refractivity contribution in [3.8, 4) is 11.5 Å². The van der Waals surface area contributed by atoms with Crippen molar-refractivity contribution < 1.29 is 28.9 Å². The molecule has 2 aliphatic heterocycles. The molecule has 1 amide bonds. The standard InChI is InChI=1S/C14H15NO6/c1-15-11(16)7-21-13(14(17)18)12(15)8-2-3-9-10(6-8)20-5-4-19-9/h2-3,6,12-13H,4-5,7H2,1H3,(H,17,18). The first-order chi connectivity index (χ1) is 10.1.